The quantitative estimate of drug-likeness (QED) is 0.868. The molecule has 2 amide bonds. The van der Waals surface area contributed by atoms with E-state index in [0.29, 0.717) is 28.5 Å². The van der Waals surface area contributed by atoms with Gasteiger partial charge in [0.2, 0.25) is 0 Å². The highest BCUT2D eigenvalue weighted by Gasteiger charge is 2.19. The van der Waals surface area contributed by atoms with Crippen LogP contribution in [0.15, 0.2) is 34.9 Å². The summed E-state index contributed by atoms with van der Waals surface area (Å²) in [6.45, 7) is 6.41. The molecule has 0 aromatic heterocycles. The summed E-state index contributed by atoms with van der Waals surface area (Å²) < 4.78 is 5.39. The molecule has 0 bridgehead atoms. The van der Waals surface area contributed by atoms with Crippen molar-refractivity contribution in [3.8, 4) is 0 Å². The number of nitrogens with one attached hydrogen (secondary N) is 2. The maximum absolute atomic E-state index is 12.2. The zero-order valence-electron chi connectivity index (χ0n) is 13.6. The molecule has 0 aliphatic carbocycles. The monoisotopic (exact) mass is 334 g/mol. The van der Waals surface area contributed by atoms with E-state index < -0.39 is 0 Å². The summed E-state index contributed by atoms with van der Waals surface area (Å²) in [6.07, 6.45) is 0.883. The highest BCUT2D eigenvalue weighted by molar-refractivity contribution is 8.04. The molecule has 0 fully saturated rings. The SMILES string of the molecule is CC[C@@H](C)NC(=O)c1ccc(NC(=O)C2=C(C)OCCS2)cc1. The Morgan fingerprint density at radius 2 is 1.96 bits per heavy atom. The molecule has 0 radical (unpaired) electrons. The van der Waals surface area contributed by atoms with Gasteiger partial charge in [-0.2, -0.15) is 0 Å². The zero-order chi connectivity index (χ0) is 16.8. The minimum Gasteiger partial charge on any atom is -0.496 e. The van der Waals surface area contributed by atoms with E-state index in [1.807, 2.05) is 13.8 Å². The summed E-state index contributed by atoms with van der Waals surface area (Å²) in [5.74, 6) is 1.15. The molecule has 0 spiro atoms. The zero-order valence-corrected chi connectivity index (χ0v) is 14.5. The maximum Gasteiger partial charge on any atom is 0.265 e. The van der Waals surface area contributed by atoms with Crippen molar-refractivity contribution in [2.24, 2.45) is 0 Å². The highest BCUT2D eigenvalue weighted by atomic mass is 32.2. The van der Waals surface area contributed by atoms with Crippen molar-refractivity contribution >= 4 is 29.3 Å². The normalized spacial score (nSPS) is 15.6. The smallest absolute Gasteiger partial charge is 0.265 e. The van der Waals surface area contributed by atoms with E-state index in [4.69, 9.17) is 4.74 Å². The summed E-state index contributed by atoms with van der Waals surface area (Å²) in [5.41, 5.74) is 1.23. The Morgan fingerprint density at radius 1 is 1.26 bits per heavy atom. The molecule has 6 heteroatoms. The topological polar surface area (TPSA) is 67.4 Å². The van der Waals surface area contributed by atoms with Gasteiger partial charge in [-0.15, -0.1) is 11.8 Å². The standard InChI is InChI=1S/C17H22N2O3S/c1-4-11(2)18-16(20)13-5-7-14(8-6-13)19-17(21)15-12(3)22-9-10-23-15/h5-8,11H,4,9-10H2,1-3H3,(H,18,20)(H,19,21)/t11-/m1/s1. The minimum absolute atomic E-state index is 0.105. The number of thioether (sulfide) groups is 1. The number of ether oxygens (including phenoxy) is 1. The van der Waals surface area contributed by atoms with E-state index in [2.05, 4.69) is 10.6 Å². The van der Waals surface area contributed by atoms with Crippen LogP contribution < -0.4 is 10.6 Å². The van der Waals surface area contributed by atoms with Gasteiger partial charge >= 0.3 is 0 Å². The fourth-order valence-electron chi connectivity index (χ4n) is 2.03. The van der Waals surface area contributed by atoms with Crippen molar-refractivity contribution in [3.05, 3.63) is 40.5 Å². The van der Waals surface area contributed by atoms with Crippen LogP contribution in [0.4, 0.5) is 5.69 Å². The van der Waals surface area contributed by atoms with Crippen molar-refractivity contribution in [2.75, 3.05) is 17.7 Å². The molecule has 5 nitrogen and oxygen atoms in total. The van der Waals surface area contributed by atoms with Gasteiger partial charge in [-0.05, 0) is 44.5 Å². The summed E-state index contributed by atoms with van der Waals surface area (Å²) in [5, 5.41) is 5.74. The Labute approximate surface area is 140 Å². The Kier molecular flexibility index (Phi) is 6.10. The first kappa shape index (κ1) is 17.4. The molecular weight excluding hydrogens is 312 g/mol. The van der Waals surface area contributed by atoms with Crippen molar-refractivity contribution in [2.45, 2.75) is 33.2 Å². The van der Waals surface area contributed by atoms with Gasteiger partial charge in [0.05, 0.1) is 6.61 Å². The van der Waals surface area contributed by atoms with Crippen LogP contribution in [0.3, 0.4) is 0 Å². The Hall–Kier alpha value is -1.95. The molecule has 1 aliphatic rings. The first-order valence-electron chi connectivity index (χ1n) is 7.70. The molecule has 1 heterocycles. The van der Waals surface area contributed by atoms with Gasteiger partial charge in [-0.3, -0.25) is 9.59 Å². The van der Waals surface area contributed by atoms with E-state index in [1.54, 1.807) is 31.2 Å². The molecule has 1 aromatic carbocycles. The third-order valence-electron chi connectivity index (χ3n) is 3.57. The molecular formula is C17H22N2O3S. The number of carbonyl (C=O) groups excluding carboxylic acids is 2. The number of amides is 2. The van der Waals surface area contributed by atoms with Crippen molar-refractivity contribution in [3.63, 3.8) is 0 Å². The van der Waals surface area contributed by atoms with E-state index in [0.717, 1.165) is 12.2 Å². The minimum atomic E-state index is -0.177. The van der Waals surface area contributed by atoms with Crippen LogP contribution in [-0.4, -0.2) is 30.2 Å². The van der Waals surface area contributed by atoms with Crippen LogP contribution in [0.25, 0.3) is 0 Å². The number of rotatable bonds is 5. The third-order valence-corrected chi connectivity index (χ3v) is 4.70. The largest absolute Gasteiger partial charge is 0.496 e. The number of allylic oxidation sites excluding steroid dienone is 1. The molecule has 2 N–H and O–H groups in total. The van der Waals surface area contributed by atoms with Crippen molar-refractivity contribution < 1.29 is 14.3 Å². The summed E-state index contributed by atoms with van der Waals surface area (Å²) in [4.78, 5) is 24.9. The number of hydrogen-bond acceptors (Lipinski definition) is 4. The number of hydrogen-bond donors (Lipinski definition) is 2. The number of anilines is 1. The van der Waals surface area contributed by atoms with Gasteiger partial charge < -0.3 is 15.4 Å². The van der Waals surface area contributed by atoms with Crippen LogP contribution in [0.5, 0.6) is 0 Å². The predicted molar refractivity (Wildman–Crippen MR) is 93.4 cm³/mol. The van der Waals surface area contributed by atoms with Gasteiger partial charge in [-0.1, -0.05) is 6.92 Å². The average molecular weight is 334 g/mol. The summed E-state index contributed by atoms with van der Waals surface area (Å²) in [6, 6.07) is 7.01. The van der Waals surface area contributed by atoms with Gasteiger partial charge in [0, 0.05) is 23.0 Å². The Bertz CT molecular complexity index is 611. The van der Waals surface area contributed by atoms with Gasteiger partial charge in [0.25, 0.3) is 11.8 Å². The second kappa shape index (κ2) is 8.06. The first-order valence-corrected chi connectivity index (χ1v) is 8.68. The van der Waals surface area contributed by atoms with Crippen LogP contribution in [0.1, 0.15) is 37.6 Å². The van der Waals surface area contributed by atoms with E-state index in [1.165, 1.54) is 11.8 Å². The Morgan fingerprint density at radius 3 is 2.57 bits per heavy atom. The van der Waals surface area contributed by atoms with E-state index in [-0.39, 0.29) is 17.9 Å². The maximum atomic E-state index is 12.2. The molecule has 0 saturated carbocycles. The number of benzene rings is 1. The molecule has 0 unspecified atom stereocenters. The number of carbonyl (C=O) groups is 2. The van der Waals surface area contributed by atoms with Gasteiger partial charge in [0.15, 0.2) is 0 Å². The molecule has 23 heavy (non-hydrogen) atoms. The third kappa shape index (κ3) is 4.76. The van der Waals surface area contributed by atoms with Crippen LogP contribution in [-0.2, 0) is 9.53 Å². The molecule has 2 rings (SSSR count). The molecule has 0 saturated heterocycles. The molecule has 1 aromatic rings. The van der Waals surface area contributed by atoms with Crippen molar-refractivity contribution in [1.29, 1.82) is 0 Å². The average Bonchev–Trinajstić information content (AvgIpc) is 2.55. The lowest BCUT2D eigenvalue weighted by Gasteiger charge is -2.17. The van der Waals surface area contributed by atoms with Crippen LogP contribution in [0, 0.1) is 0 Å². The lowest BCUT2D eigenvalue weighted by Crippen LogP contribution is -2.31. The fraction of sp³-hybridized carbons (Fsp3) is 0.412. The molecule has 1 aliphatic heterocycles. The lowest BCUT2D eigenvalue weighted by atomic mass is 10.1. The van der Waals surface area contributed by atoms with Gasteiger partial charge in [-0.25, -0.2) is 0 Å². The molecule has 124 valence electrons. The van der Waals surface area contributed by atoms with Crippen LogP contribution >= 0.6 is 11.8 Å². The van der Waals surface area contributed by atoms with Crippen LogP contribution in [0.2, 0.25) is 0 Å². The lowest BCUT2D eigenvalue weighted by molar-refractivity contribution is -0.112. The molecule has 1 atom stereocenters. The summed E-state index contributed by atoms with van der Waals surface area (Å²) >= 11 is 1.49. The second-order valence-electron chi connectivity index (χ2n) is 5.40. The van der Waals surface area contributed by atoms with Gasteiger partial charge in [0.1, 0.15) is 10.7 Å². The fourth-order valence-corrected chi connectivity index (χ4v) is 2.85. The first-order chi connectivity index (χ1) is 11.0. The predicted octanol–water partition coefficient (Wildman–Crippen LogP) is 3.15. The highest BCUT2D eigenvalue weighted by Crippen LogP contribution is 2.26. The summed E-state index contributed by atoms with van der Waals surface area (Å²) in [7, 11) is 0. The van der Waals surface area contributed by atoms with E-state index >= 15 is 0 Å². The second-order valence-corrected chi connectivity index (χ2v) is 6.50. The van der Waals surface area contributed by atoms with Crippen molar-refractivity contribution in [1.82, 2.24) is 5.32 Å². The van der Waals surface area contributed by atoms with E-state index in [9.17, 15) is 9.59 Å². The Balaban J connectivity index is 2.00.